The molecule has 0 heterocycles. The minimum Gasteiger partial charge on any atom is -0.313 e. The Bertz CT molecular complexity index is 374. The van der Waals surface area contributed by atoms with Crippen molar-refractivity contribution in [2.24, 2.45) is 0 Å². The van der Waals surface area contributed by atoms with Gasteiger partial charge >= 0.3 is 0 Å². The van der Waals surface area contributed by atoms with Gasteiger partial charge in [-0.15, -0.1) is 0 Å². The Labute approximate surface area is 109 Å². The summed E-state index contributed by atoms with van der Waals surface area (Å²) in [5.74, 6) is 0. The molecule has 0 bridgehead atoms. The molecule has 1 aromatic rings. The summed E-state index contributed by atoms with van der Waals surface area (Å²) in [7, 11) is 2.17. The Morgan fingerprint density at radius 1 is 1.41 bits per heavy atom. The fourth-order valence-corrected chi connectivity index (χ4v) is 2.06. The van der Waals surface area contributed by atoms with Crippen LogP contribution in [-0.4, -0.2) is 31.1 Å². The smallest absolute Gasteiger partial charge is 0.0435 e. The molecule has 0 aliphatic heterocycles. The molecule has 0 amide bonds. The number of hydrogen-bond donors (Lipinski definition) is 1. The lowest BCUT2D eigenvalue weighted by molar-refractivity contribution is 0.324. The van der Waals surface area contributed by atoms with Crippen LogP contribution in [0.1, 0.15) is 24.0 Å². The van der Waals surface area contributed by atoms with Gasteiger partial charge in [-0.25, -0.2) is 0 Å². The first-order valence-electron chi connectivity index (χ1n) is 6.32. The SMILES string of the molecule is Cc1cc(CN(C)CCNC2CC2)ccc1Cl. The van der Waals surface area contributed by atoms with Crippen molar-refractivity contribution in [3.05, 3.63) is 34.3 Å². The molecule has 0 atom stereocenters. The van der Waals surface area contributed by atoms with Crippen molar-refractivity contribution in [2.75, 3.05) is 20.1 Å². The van der Waals surface area contributed by atoms with Crippen LogP contribution in [0.5, 0.6) is 0 Å². The van der Waals surface area contributed by atoms with Gasteiger partial charge in [-0.1, -0.05) is 23.7 Å². The summed E-state index contributed by atoms with van der Waals surface area (Å²) in [6.07, 6.45) is 2.72. The second kappa shape index (κ2) is 5.85. The number of benzene rings is 1. The molecule has 3 heteroatoms. The molecule has 0 saturated heterocycles. The number of nitrogens with one attached hydrogen (secondary N) is 1. The van der Waals surface area contributed by atoms with E-state index in [0.717, 1.165) is 36.3 Å². The molecule has 0 radical (unpaired) electrons. The normalized spacial score (nSPS) is 15.5. The van der Waals surface area contributed by atoms with Crippen LogP contribution in [0, 0.1) is 6.92 Å². The largest absolute Gasteiger partial charge is 0.313 e. The van der Waals surface area contributed by atoms with Crippen LogP contribution >= 0.6 is 11.6 Å². The molecule has 1 aliphatic rings. The number of hydrogen-bond acceptors (Lipinski definition) is 2. The maximum Gasteiger partial charge on any atom is 0.0435 e. The number of likely N-dealkylation sites (N-methyl/N-ethyl adjacent to an activating group) is 1. The van der Waals surface area contributed by atoms with Crippen molar-refractivity contribution in [1.29, 1.82) is 0 Å². The first-order chi connectivity index (χ1) is 8.15. The second-order valence-electron chi connectivity index (χ2n) is 5.05. The first kappa shape index (κ1) is 12.9. The summed E-state index contributed by atoms with van der Waals surface area (Å²) < 4.78 is 0. The molecule has 0 unspecified atom stereocenters. The van der Waals surface area contributed by atoms with Crippen LogP contribution in [-0.2, 0) is 6.54 Å². The van der Waals surface area contributed by atoms with E-state index >= 15 is 0 Å². The molecule has 1 aliphatic carbocycles. The van der Waals surface area contributed by atoms with Gasteiger partial charge in [-0.05, 0) is 44.0 Å². The van der Waals surface area contributed by atoms with E-state index in [0.29, 0.717) is 0 Å². The molecule has 17 heavy (non-hydrogen) atoms. The lowest BCUT2D eigenvalue weighted by atomic mass is 10.1. The van der Waals surface area contributed by atoms with Crippen LogP contribution in [0.25, 0.3) is 0 Å². The molecule has 1 aromatic carbocycles. The van der Waals surface area contributed by atoms with E-state index in [1.165, 1.54) is 18.4 Å². The van der Waals surface area contributed by atoms with Gasteiger partial charge in [0.05, 0.1) is 0 Å². The Kier molecular flexibility index (Phi) is 4.43. The van der Waals surface area contributed by atoms with E-state index in [1.807, 2.05) is 6.07 Å². The predicted molar refractivity (Wildman–Crippen MR) is 73.5 cm³/mol. The van der Waals surface area contributed by atoms with Gasteiger partial charge in [0.2, 0.25) is 0 Å². The van der Waals surface area contributed by atoms with Gasteiger partial charge in [-0.2, -0.15) is 0 Å². The molecule has 94 valence electrons. The zero-order chi connectivity index (χ0) is 12.3. The van der Waals surface area contributed by atoms with Crippen molar-refractivity contribution in [1.82, 2.24) is 10.2 Å². The molecular weight excluding hydrogens is 232 g/mol. The minimum atomic E-state index is 0.807. The van der Waals surface area contributed by atoms with Crippen LogP contribution in [0.3, 0.4) is 0 Å². The zero-order valence-corrected chi connectivity index (χ0v) is 11.4. The fourth-order valence-electron chi connectivity index (χ4n) is 1.94. The Morgan fingerprint density at radius 3 is 2.82 bits per heavy atom. The van der Waals surface area contributed by atoms with E-state index in [4.69, 9.17) is 11.6 Å². The maximum atomic E-state index is 6.02. The third-order valence-corrected chi connectivity index (χ3v) is 3.60. The second-order valence-corrected chi connectivity index (χ2v) is 5.46. The standard InChI is InChI=1S/C14H21ClN2/c1-11-9-12(3-6-14(11)15)10-17(2)8-7-16-13-4-5-13/h3,6,9,13,16H,4-5,7-8,10H2,1-2H3. The van der Waals surface area contributed by atoms with Gasteiger partial charge in [0.15, 0.2) is 0 Å². The molecule has 0 spiro atoms. The highest BCUT2D eigenvalue weighted by molar-refractivity contribution is 6.31. The van der Waals surface area contributed by atoms with Gasteiger partial charge < -0.3 is 10.2 Å². The third-order valence-electron chi connectivity index (χ3n) is 3.18. The van der Waals surface area contributed by atoms with Crippen LogP contribution in [0.4, 0.5) is 0 Å². The number of halogens is 1. The summed E-state index contributed by atoms with van der Waals surface area (Å²) in [6, 6.07) is 7.08. The van der Waals surface area contributed by atoms with Gasteiger partial charge in [0.25, 0.3) is 0 Å². The van der Waals surface area contributed by atoms with Crippen molar-refractivity contribution in [3.63, 3.8) is 0 Å². The lowest BCUT2D eigenvalue weighted by Crippen LogP contribution is -2.30. The maximum absolute atomic E-state index is 6.02. The van der Waals surface area contributed by atoms with E-state index in [9.17, 15) is 0 Å². The van der Waals surface area contributed by atoms with Crippen molar-refractivity contribution in [3.8, 4) is 0 Å². The summed E-state index contributed by atoms with van der Waals surface area (Å²) in [4.78, 5) is 2.35. The molecule has 1 fully saturated rings. The van der Waals surface area contributed by atoms with Crippen LogP contribution < -0.4 is 5.32 Å². The monoisotopic (exact) mass is 252 g/mol. The summed E-state index contributed by atoms with van der Waals surface area (Å²) in [5, 5.41) is 4.38. The fraction of sp³-hybridized carbons (Fsp3) is 0.571. The molecular formula is C14H21ClN2. The molecule has 0 aromatic heterocycles. The van der Waals surface area contributed by atoms with Crippen molar-refractivity contribution >= 4 is 11.6 Å². The lowest BCUT2D eigenvalue weighted by Gasteiger charge is -2.17. The predicted octanol–water partition coefficient (Wildman–Crippen LogP) is 2.83. The number of aryl methyl sites for hydroxylation is 1. The van der Waals surface area contributed by atoms with Crippen LogP contribution in [0.15, 0.2) is 18.2 Å². The average Bonchev–Trinajstić information content (AvgIpc) is 3.07. The van der Waals surface area contributed by atoms with E-state index in [-0.39, 0.29) is 0 Å². The van der Waals surface area contributed by atoms with Gasteiger partial charge in [0.1, 0.15) is 0 Å². The average molecular weight is 253 g/mol. The number of nitrogens with zero attached hydrogens (tertiary/aromatic N) is 1. The van der Waals surface area contributed by atoms with Gasteiger partial charge in [0, 0.05) is 30.7 Å². The third kappa shape index (κ3) is 4.30. The quantitative estimate of drug-likeness (QED) is 0.838. The Balaban J connectivity index is 1.75. The van der Waals surface area contributed by atoms with Crippen molar-refractivity contribution in [2.45, 2.75) is 32.4 Å². The van der Waals surface area contributed by atoms with Crippen molar-refractivity contribution < 1.29 is 0 Å². The summed E-state index contributed by atoms with van der Waals surface area (Å²) in [6.45, 7) is 5.23. The van der Waals surface area contributed by atoms with Gasteiger partial charge in [-0.3, -0.25) is 0 Å². The zero-order valence-electron chi connectivity index (χ0n) is 10.7. The summed E-state index contributed by atoms with van der Waals surface area (Å²) in [5.41, 5.74) is 2.49. The number of rotatable bonds is 6. The topological polar surface area (TPSA) is 15.3 Å². The minimum absolute atomic E-state index is 0.807. The van der Waals surface area contributed by atoms with E-state index < -0.39 is 0 Å². The van der Waals surface area contributed by atoms with Crippen LogP contribution in [0.2, 0.25) is 5.02 Å². The Hall–Kier alpha value is -0.570. The highest BCUT2D eigenvalue weighted by Gasteiger charge is 2.19. The molecule has 2 nitrogen and oxygen atoms in total. The first-order valence-corrected chi connectivity index (χ1v) is 6.70. The molecule has 1 N–H and O–H groups in total. The highest BCUT2D eigenvalue weighted by Crippen LogP contribution is 2.18. The van der Waals surface area contributed by atoms with E-state index in [1.54, 1.807) is 0 Å². The van der Waals surface area contributed by atoms with E-state index in [2.05, 4.69) is 36.3 Å². The summed E-state index contributed by atoms with van der Waals surface area (Å²) >= 11 is 6.02. The highest BCUT2D eigenvalue weighted by atomic mass is 35.5. The molecule has 1 saturated carbocycles. The Morgan fingerprint density at radius 2 is 2.18 bits per heavy atom. The molecule has 2 rings (SSSR count).